The average molecular weight is 305 g/mol. The first-order valence-electron chi connectivity index (χ1n) is 7.73. The molecule has 5 heteroatoms. The van der Waals surface area contributed by atoms with Crippen LogP contribution in [0, 0.1) is 0 Å². The summed E-state index contributed by atoms with van der Waals surface area (Å²) in [7, 11) is 1.61. The number of carbonyl (C=O) groups is 1. The molecule has 22 heavy (non-hydrogen) atoms. The maximum atomic E-state index is 11.5. The molecule has 2 aliphatic heterocycles. The molecule has 1 N–H and O–H groups in total. The Morgan fingerprint density at radius 3 is 2.64 bits per heavy atom. The van der Waals surface area contributed by atoms with Crippen LogP contribution in [-0.2, 0) is 4.79 Å². The molecule has 3 rings (SSSR count). The summed E-state index contributed by atoms with van der Waals surface area (Å²) in [6.45, 7) is 5.33. The van der Waals surface area contributed by atoms with Crippen molar-refractivity contribution in [2.45, 2.75) is 44.4 Å². The summed E-state index contributed by atoms with van der Waals surface area (Å²) in [6, 6.07) is 5.33. The molecular formula is C17H23NO4. The number of likely N-dealkylation sites (tertiary alicyclic amines) is 1. The fraction of sp³-hybridized carbons (Fsp3) is 0.588. The molecule has 5 nitrogen and oxygen atoms in total. The Kier molecular flexibility index (Phi) is 3.87. The van der Waals surface area contributed by atoms with Gasteiger partial charge in [-0.2, -0.15) is 0 Å². The first-order valence-corrected chi connectivity index (χ1v) is 7.73. The molecule has 0 radical (unpaired) electrons. The maximum Gasteiger partial charge on any atom is 0.135 e. The molecule has 2 heterocycles. The summed E-state index contributed by atoms with van der Waals surface area (Å²) in [6.07, 6.45) is 0.427. The van der Waals surface area contributed by atoms with Gasteiger partial charge in [0.2, 0.25) is 0 Å². The number of hydrogen-bond donors (Lipinski definition) is 1. The van der Waals surface area contributed by atoms with Crippen LogP contribution in [0.25, 0.3) is 0 Å². The van der Waals surface area contributed by atoms with Crippen LogP contribution in [0.4, 0.5) is 0 Å². The molecule has 120 valence electrons. The van der Waals surface area contributed by atoms with Crippen molar-refractivity contribution in [1.29, 1.82) is 0 Å². The van der Waals surface area contributed by atoms with Gasteiger partial charge in [0.1, 0.15) is 29.0 Å². The second-order valence-electron chi connectivity index (χ2n) is 6.57. The van der Waals surface area contributed by atoms with E-state index in [2.05, 4.69) is 4.90 Å². The van der Waals surface area contributed by atoms with E-state index in [1.54, 1.807) is 7.11 Å². The van der Waals surface area contributed by atoms with Crippen molar-refractivity contribution in [3.8, 4) is 11.5 Å². The fourth-order valence-electron chi connectivity index (χ4n) is 3.56. The first kappa shape index (κ1) is 15.3. The standard InChI is InChI=1S/C17H23NO4/c1-17(2)16(18-8-6-11(19)7-9-18)15(20)13-10-12(21-3)4-5-14(13)22-17/h4-5,10,15-16,20H,6-9H2,1-3H3. The highest BCUT2D eigenvalue weighted by Gasteiger charge is 2.47. The van der Waals surface area contributed by atoms with E-state index >= 15 is 0 Å². The number of aliphatic hydroxyl groups is 1. The largest absolute Gasteiger partial charge is 0.497 e. The number of fused-ring (bicyclic) bond motifs is 1. The summed E-state index contributed by atoms with van der Waals surface area (Å²) in [5.74, 6) is 1.69. The van der Waals surface area contributed by atoms with Crippen molar-refractivity contribution in [3.05, 3.63) is 23.8 Å². The van der Waals surface area contributed by atoms with Crippen molar-refractivity contribution in [1.82, 2.24) is 4.90 Å². The molecule has 0 spiro atoms. The first-order chi connectivity index (χ1) is 10.4. The zero-order valence-electron chi connectivity index (χ0n) is 13.3. The Morgan fingerprint density at radius 2 is 2.00 bits per heavy atom. The zero-order valence-corrected chi connectivity index (χ0v) is 13.3. The molecule has 1 aromatic carbocycles. The number of Topliss-reactive ketones (excluding diaryl/α,β-unsaturated/α-hetero) is 1. The van der Waals surface area contributed by atoms with Crippen LogP contribution in [0.3, 0.4) is 0 Å². The van der Waals surface area contributed by atoms with Crippen LogP contribution in [0.1, 0.15) is 38.4 Å². The lowest BCUT2D eigenvalue weighted by atomic mass is 9.84. The van der Waals surface area contributed by atoms with E-state index in [0.717, 1.165) is 5.56 Å². The highest BCUT2D eigenvalue weighted by atomic mass is 16.5. The second kappa shape index (κ2) is 5.56. The molecule has 2 aliphatic rings. The van der Waals surface area contributed by atoms with Gasteiger partial charge in [-0.05, 0) is 32.0 Å². The number of carbonyl (C=O) groups excluding carboxylic acids is 1. The molecule has 1 saturated heterocycles. The Balaban J connectivity index is 1.94. The Labute approximate surface area is 130 Å². The maximum absolute atomic E-state index is 11.5. The van der Waals surface area contributed by atoms with Crippen molar-refractivity contribution in [2.75, 3.05) is 20.2 Å². The summed E-state index contributed by atoms with van der Waals surface area (Å²) in [5, 5.41) is 10.9. The molecule has 1 fully saturated rings. The third kappa shape index (κ3) is 2.59. The molecular weight excluding hydrogens is 282 g/mol. The highest BCUT2D eigenvalue weighted by molar-refractivity contribution is 5.79. The zero-order chi connectivity index (χ0) is 15.9. The van der Waals surface area contributed by atoms with Gasteiger partial charge >= 0.3 is 0 Å². The van der Waals surface area contributed by atoms with Gasteiger partial charge in [-0.25, -0.2) is 0 Å². The number of hydrogen-bond acceptors (Lipinski definition) is 5. The Bertz CT molecular complexity index is 574. The van der Waals surface area contributed by atoms with Gasteiger partial charge in [-0.1, -0.05) is 0 Å². The number of nitrogens with zero attached hydrogens (tertiary/aromatic N) is 1. The predicted octanol–water partition coefficient (Wildman–Crippen LogP) is 1.93. The van der Waals surface area contributed by atoms with Gasteiger partial charge in [0.25, 0.3) is 0 Å². The van der Waals surface area contributed by atoms with Gasteiger partial charge < -0.3 is 14.6 Å². The van der Waals surface area contributed by atoms with E-state index in [0.29, 0.717) is 43.2 Å². The van der Waals surface area contributed by atoms with E-state index in [1.165, 1.54) is 0 Å². The van der Waals surface area contributed by atoms with E-state index in [-0.39, 0.29) is 6.04 Å². The smallest absolute Gasteiger partial charge is 0.135 e. The number of benzene rings is 1. The molecule has 0 aliphatic carbocycles. The van der Waals surface area contributed by atoms with Gasteiger partial charge in [0, 0.05) is 31.5 Å². The molecule has 2 unspecified atom stereocenters. The van der Waals surface area contributed by atoms with E-state index in [4.69, 9.17) is 9.47 Å². The third-order valence-corrected chi connectivity index (χ3v) is 4.67. The highest BCUT2D eigenvalue weighted by Crippen LogP contribution is 2.43. The van der Waals surface area contributed by atoms with Crippen LogP contribution < -0.4 is 9.47 Å². The molecule has 0 amide bonds. The number of rotatable bonds is 2. The molecule has 1 aromatic rings. The van der Waals surface area contributed by atoms with E-state index in [1.807, 2.05) is 32.0 Å². The van der Waals surface area contributed by atoms with Gasteiger partial charge in [0.15, 0.2) is 0 Å². The lowest BCUT2D eigenvalue weighted by Crippen LogP contribution is -2.59. The van der Waals surface area contributed by atoms with Crippen LogP contribution in [-0.4, -0.2) is 47.6 Å². The third-order valence-electron chi connectivity index (χ3n) is 4.67. The number of ether oxygens (including phenoxy) is 2. The van der Waals surface area contributed by atoms with Crippen LogP contribution in [0.15, 0.2) is 18.2 Å². The number of methoxy groups -OCH3 is 1. The summed E-state index contributed by atoms with van der Waals surface area (Å²) < 4.78 is 11.4. The van der Waals surface area contributed by atoms with E-state index in [9.17, 15) is 9.90 Å². The molecule has 2 atom stereocenters. The van der Waals surface area contributed by atoms with Crippen LogP contribution in [0.5, 0.6) is 11.5 Å². The lowest BCUT2D eigenvalue weighted by Gasteiger charge is -2.49. The van der Waals surface area contributed by atoms with Gasteiger partial charge in [-0.15, -0.1) is 0 Å². The summed E-state index contributed by atoms with van der Waals surface area (Å²) in [4.78, 5) is 13.7. The van der Waals surface area contributed by atoms with Gasteiger partial charge in [0.05, 0.1) is 13.2 Å². The summed E-state index contributed by atoms with van der Waals surface area (Å²) in [5.41, 5.74) is 0.224. The van der Waals surface area contributed by atoms with Crippen LogP contribution in [0.2, 0.25) is 0 Å². The van der Waals surface area contributed by atoms with Crippen molar-refractivity contribution in [3.63, 3.8) is 0 Å². The number of piperidine rings is 1. The lowest BCUT2D eigenvalue weighted by molar-refractivity contribution is -0.127. The predicted molar refractivity (Wildman–Crippen MR) is 82.3 cm³/mol. The Hall–Kier alpha value is -1.59. The summed E-state index contributed by atoms with van der Waals surface area (Å²) >= 11 is 0. The van der Waals surface area contributed by atoms with Crippen molar-refractivity contribution in [2.24, 2.45) is 0 Å². The SMILES string of the molecule is COc1ccc2c(c1)C(O)C(N1CCC(=O)CC1)C(C)(C)O2. The Morgan fingerprint density at radius 1 is 1.32 bits per heavy atom. The van der Waals surface area contributed by atoms with Crippen LogP contribution >= 0.6 is 0 Å². The molecule has 0 bridgehead atoms. The van der Waals surface area contributed by atoms with Gasteiger partial charge in [-0.3, -0.25) is 9.69 Å². The second-order valence-corrected chi connectivity index (χ2v) is 6.57. The minimum Gasteiger partial charge on any atom is -0.497 e. The fourth-order valence-corrected chi connectivity index (χ4v) is 3.56. The average Bonchev–Trinajstić information content (AvgIpc) is 2.48. The quantitative estimate of drug-likeness (QED) is 0.905. The molecule has 0 saturated carbocycles. The minimum atomic E-state index is -0.665. The number of aliphatic hydroxyl groups excluding tert-OH is 1. The minimum absolute atomic E-state index is 0.180. The van der Waals surface area contributed by atoms with E-state index < -0.39 is 11.7 Å². The van der Waals surface area contributed by atoms with Crippen molar-refractivity contribution < 1.29 is 19.4 Å². The monoisotopic (exact) mass is 305 g/mol. The number of ketones is 1. The normalized spacial score (nSPS) is 27.9. The topological polar surface area (TPSA) is 59.0 Å². The van der Waals surface area contributed by atoms with Crippen molar-refractivity contribution >= 4 is 5.78 Å². The molecule has 0 aromatic heterocycles.